The van der Waals surface area contributed by atoms with E-state index in [0.29, 0.717) is 112 Å². The second kappa shape index (κ2) is 31.3. The maximum absolute atomic E-state index is 11.5. The van der Waals surface area contributed by atoms with E-state index >= 15 is 0 Å². The van der Waals surface area contributed by atoms with Gasteiger partial charge in [0, 0.05) is 6.42 Å². The van der Waals surface area contributed by atoms with Crippen LogP contribution in [0.15, 0.2) is 0 Å². The average molecular weight is 671 g/mol. The van der Waals surface area contributed by atoms with Gasteiger partial charge in [0.1, 0.15) is 12.2 Å². The van der Waals surface area contributed by atoms with Crippen molar-refractivity contribution < 1.29 is 76.4 Å². The van der Waals surface area contributed by atoms with Crippen molar-refractivity contribution in [3.05, 3.63) is 0 Å². The Morgan fingerprint density at radius 2 is 0.717 bits per heavy atom. The summed E-state index contributed by atoms with van der Waals surface area (Å²) in [6, 6.07) is 0. The zero-order valence-corrected chi connectivity index (χ0v) is 27.6. The van der Waals surface area contributed by atoms with Gasteiger partial charge in [0.25, 0.3) is 0 Å². The minimum absolute atomic E-state index is 0.00991. The number of carboxylic acid groups (broad SMARTS) is 1. The van der Waals surface area contributed by atoms with E-state index in [1.807, 2.05) is 20.8 Å². The quantitative estimate of drug-likeness (QED) is 0.0575. The van der Waals surface area contributed by atoms with Crippen LogP contribution in [0.3, 0.4) is 0 Å². The SMILES string of the molecule is CC(C)(C)OC(=O)CCOCCOCCOCCOCCOCCOCCOCCOCCOCCOC(=O)CCC(=O)C(=O)O. The van der Waals surface area contributed by atoms with Crippen LogP contribution in [0, 0.1) is 0 Å². The number of Topliss-reactive ketones (excluding diaryl/α,β-unsaturated/α-hetero) is 1. The van der Waals surface area contributed by atoms with Crippen molar-refractivity contribution >= 4 is 23.7 Å². The number of ether oxygens (including phenoxy) is 11. The fourth-order valence-electron chi connectivity index (χ4n) is 3.02. The van der Waals surface area contributed by atoms with Crippen molar-refractivity contribution in [1.82, 2.24) is 0 Å². The number of esters is 2. The van der Waals surface area contributed by atoms with Crippen LogP contribution in [0.4, 0.5) is 0 Å². The molecule has 0 aliphatic rings. The van der Waals surface area contributed by atoms with E-state index in [0.717, 1.165) is 0 Å². The minimum atomic E-state index is -1.57. The van der Waals surface area contributed by atoms with Crippen molar-refractivity contribution in [1.29, 1.82) is 0 Å². The molecule has 0 spiro atoms. The molecule has 16 heteroatoms. The number of hydrogen-bond donors (Lipinski definition) is 1. The zero-order valence-electron chi connectivity index (χ0n) is 27.6. The van der Waals surface area contributed by atoms with E-state index in [2.05, 4.69) is 0 Å². The summed E-state index contributed by atoms with van der Waals surface area (Å²) in [5.74, 6) is -3.52. The van der Waals surface area contributed by atoms with Gasteiger partial charge in [-0.3, -0.25) is 14.4 Å². The van der Waals surface area contributed by atoms with Crippen LogP contribution in [0.5, 0.6) is 0 Å². The minimum Gasteiger partial charge on any atom is -0.476 e. The van der Waals surface area contributed by atoms with Crippen molar-refractivity contribution in [3.8, 4) is 0 Å². The molecule has 0 fully saturated rings. The van der Waals surface area contributed by atoms with Gasteiger partial charge in [-0.05, 0) is 20.8 Å². The summed E-state index contributed by atoms with van der Waals surface area (Å²) in [6.45, 7) is 12.8. The van der Waals surface area contributed by atoms with Crippen LogP contribution >= 0.6 is 0 Å². The molecule has 46 heavy (non-hydrogen) atoms. The summed E-state index contributed by atoms with van der Waals surface area (Å²) in [7, 11) is 0. The van der Waals surface area contributed by atoms with Crippen LogP contribution < -0.4 is 0 Å². The van der Waals surface area contributed by atoms with Gasteiger partial charge < -0.3 is 57.2 Å². The van der Waals surface area contributed by atoms with E-state index in [1.54, 1.807) is 0 Å². The Bertz CT molecular complexity index is 771. The molecule has 16 nitrogen and oxygen atoms in total. The Balaban J connectivity index is 3.17. The van der Waals surface area contributed by atoms with E-state index in [-0.39, 0.29) is 38.4 Å². The van der Waals surface area contributed by atoms with E-state index in [4.69, 9.17) is 57.2 Å². The molecule has 0 aromatic heterocycles. The summed E-state index contributed by atoms with van der Waals surface area (Å²) < 4.78 is 58.5. The molecule has 0 saturated carbocycles. The summed E-state index contributed by atoms with van der Waals surface area (Å²) in [5, 5.41) is 8.44. The Morgan fingerprint density at radius 1 is 0.413 bits per heavy atom. The van der Waals surface area contributed by atoms with E-state index < -0.39 is 23.3 Å². The maximum Gasteiger partial charge on any atom is 0.372 e. The largest absolute Gasteiger partial charge is 0.476 e. The summed E-state index contributed by atoms with van der Waals surface area (Å²) in [4.78, 5) is 44.2. The molecule has 0 saturated heterocycles. The fraction of sp³-hybridized carbons (Fsp3) is 0.867. The van der Waals surface area contributed by atoms with Crippen LogP contribution in [-0.2, 0) is 71.3 Å². The molecule has 0 rings (SSSR count). The zero-order chi connectivity index (χ0) is 34.1. The molecule has 1 N–H and O–H groups in total. The molecule has 0 aromatic rings. The molecule has 270 valence electrons. The highest BCUT2D eigenvalue weighted by Crippen LogP contribution is 2.08. The first-order valence-corrected chi connectivity index (χ1v) is 15.4. The van der Waals surface area contributed by atoms with Gasteiger partial charge >= 0.3 is 17.9 Å². The Kier molecular flexibility index (Phi) is 29.8. The molecule has 0 aliphatic carbocycles. The van der Waals surface area contributed by atoms with Gasteiger partial charge in [-0.15, -0.1) is 0 Å². The second-order valence-corrected chi connectivity index (χ2v) is 10.3. The maximum atomic E-state index is 11.5. The highest BCUT2D eigenvalue weighted by atomic mass is 16.6. The Morgan fingerprint density at radius 3 is 1.02 bits per heavy atom. The molecule has 0 radical (unpaired) electrons. The molecule has 0 heterocycles. The van der Waals surface area contributed by atoms with Gasteiger partial charge in [-0.25, -0.2) is 4.79 Å². The molecular weight excluding hydrogens is 616 g/mol. The molecule has 0 aromatic carbocycles. The highest BCUT2D eigenvalue weighted by Gasteiger charge is 2.16. The number of carbonyl (C=O) groups is 4. The van der Waals surface area contributed by atoms with Crippen LogP contribution in [0.2, 0.25) is 0 Å². The Hall–Kier alpha value is -2.28. The smallest absolute Gasteiger partial charge is 0.372 e. The second-order valence-electron chi connectivity index (χ2n) is 10.3. The lowest BCUT2D eigenvalue weighted by Gasteiger charge is -2.19. The predicted molar refractivity (Wildman–Crippen MR) is 161 cm³/mol. The van der Waals surface area contributed by atoms with Gasteiger partial charge in [0.15, 0.2) is 0 Å². The summed E-state index contributed by atoms with van der Waals surface area (Å²) >= 11 is 0. The third-order valence-electron chi connectivity index (χ3n) is 5.13. The van der Waals surface area contributed by atoms with Crippen LogP contribution in [0.1, 0.15) is 40.0 Å². The molecule has 0 amide bonds. The first-order valence-electron chi connectivity index (χ1n) is 15.4. The monoisotopic (exact) mass is 670 g/mol. The molecule has 0 unspecified atom stereocenters. The van der Waals surface area contributed by atoms with Crippen molar-refractivity contribution in [2.24, 2.45) is 0 Å². The standard InChI is InChI=1S/C30H54O16/c1-30(2,3)46-28(33)6-7-36-8-9-37-10-11-38-12-13-39-14-15-40-16-17-41-18-19-42-20-21-43-22-23-44-24-25-45-27(32)5-4-26(31)29(34)35/h4-25H2,1-3H3,(H,34,35). The number of carboxylic acids is 1. The third-order valence-corrected chi connectivity index (χ3v) is 5.13. The van der Waals surface area contributed by atoms with Crippen molar-refractivity contribution in [3.63, 3.8) is 0 Å². The third kappa shape index (κ3) is 34.6. The lowest BCUT2D eigenvalue weighted by atomic mass is 10.2. The normalized spacial score (nSPS) is 11.5. The van der Waals surface area contributed by atoms with Crippen LogP contribution in [-0.4, -0.2) is 160 Å². The number of hydrogen-bond acceptors (Lipinski definition) is 15. The molecule has 0 aliphatic heterocycles. The Labute approximate surface area is 271 Å². The number of aliphatic carboxylic acids is 1. The molecular formula is C30H54O16. The number of carbonyl (C=O) groups excluding carboxylic acids is 3. The van der Waals surface area contributed by atoms with Crippen molar-refractivity contribution in [2.75, 3.05) is 126 Å². The van der Waals surface area contributed by atoms with E-state index in [1.165, 1.54) is 0 Å². The molecule has 0 atom stereocenters. The number of ketones is 1. The average Bonchev–Trinajstić information content (AvgIpc) is 2.99. The first-order chi connectivity index (χ1) is 22.1. The van der Waals surface area contributed by atoms with Crippen LogP contribution in [0.25, 0.3) is 0 Å². The summed E-state index contributed by atoms with van der Waals surface area (Å²) in [6.07, 6.45) is -0.448. The van der Waals surface area contributed by atoms with Crippen molar-refractivity contribution in [2.45, 2.75) is 45.6 Å². The van der Waals surface area contributed by atoms with Gasteiger partial charge in [-0.2, -0.15) is 0 Å². The van der Waals surface area contributed by atoms with Gasteiger partial charge in [0.05, 0.1) is 132 Å². The lowest BCUT2D eigenvalue weighted by Crippen LogP contribution is -2.24. The summed E-state index contributed by atoms with van der Waals surface area (Å²) in [5.41, 5.74) is -0.485. The predicted octanol–water partition coefficient (Wildman–Crippen LogP) is 0.845. The number of rotatable bonds is 34. The first kappa shape index (κ1) is 43.7. The fourth-order valence-corrected chi connectivity index (χ4v) is 3.02. The topological polar surface area (TPSA) is 190 Å². The highest BCUT2D eigenvalue weighted by molar-refractivity contribution is 6.32. The molecule has 0 bridgehead atoms. The van der Waals surface area contributed by atoms with Gasteiger partial charge in [0.2, 0.25) is 5.78 Å². The van der Waals surface area contributed by atoms with E-state index in [9.17, 15) is 19.2 Å². The lowest BCUT2D eigenvalue weighted by molar-refractivity contribution is -0.156. The van der Waals surface area contributed by atoms with Gasteiger partial charge in [-0.1, -0.05) is 0 Å².